The van der Waals surface area contributed by atoms with Crippen LogP contribution in [0, 0.1) is 11.3 Å². The monoisotopic (exact) mass is 488 g/mol. The van der Waals surface area contributed by atoms with Crippen molar-refractivity contribution in [3.05, 3.63) is 64.7 Å². The zero-order chi connectivity index (χ0) is 26.4. The molecule has 4 rings (SSSR count). The molecule has 0 saturated heterocycles. The number of phenolic OH excluding ortho intramolecular Hbond substituents is 2. The Bertz CT molecular complexity index is 1350. The SMILES string of the molecule is CC(CCOc1ccc(-c2cc(O)c3c(c2N)C(=O)c2c(O)ccc(N)c2C3=O)cc1)CC(C)(C)C. The fraction of sp³-hybridized carbons (Fsp3) is 0.310. The third-order valence-electron chi connectivity index (χ3n) is 6.48. The van der Waals surface area contributed by atoms with Crippen LogP contribution in [0.2, 0.25) is 0 Å². The van der Waals surface area contributed by atoms with Gasteiger partial charge in [0.05, 0.1) is 34.5 Å². The molecular weight excluding hydrogens is 456 g/mol. The number of nitrogen functional groups attached to an aromatic ring is 2. The summed E-state index contributed by atoms with van der Waals surface area (Å²) in [5.41, 5.74) is 13.0. The van der Waals surface area contributed by atoms with Gasteiger partial charge in [0.15, 0.2) is 0 Å². The maximum absolute atomic E-state index is 13.3. The van der Waals surface area contributed by atoms with Gasteiger partial charge in [-0.15, -0.1) is 0 Å². The molecule has 0 spiro atoms. The standard InChI is InChI=1S/C29H32N2O5/c1-15(14-29(2,3)4)11-12-36-17-7-5-16(6-8-17)18-13-21(33)24-25(26(18)31)28(35)23-20(32)10-9-19(30)22(23)27(24)34/h5-10,13,15,32-33H,11-12,14,30-31H2,1-4H3. The number of hydrogen-bond acceptors (Lipinski definition) is 7. The molecule has 0 aliphatic heterocycles. The van der Waals surface area contributed by atoms with Crippen LogP contribution in [0.15, 0.2) is 42.5 Å². The van der Waals surface area contributed by atoms with Crippen LogP contribution in [-0.4, -0.2) is 28.4 Å². The van der Waals surface area contributed by atoms with E-state index in [0.29, 0.717) is 29.4 Å². The average Bonchev–Trinajstić information content (AvgIpc) is 2.79. The number of aromatic hydroxyl groups is 2. The summed E-state index contributed by atoms with van der Waals surface area (Å²) in [4.78, 5) is 26.5. The van der Waals surface area contributed by atoms with E-state index in [9.17, 15) is 19.8 Å². The Hall–Kier alpha value is -4.00. The maximum Gasteiger partial charge on any atom is 0.200 e. The van der Waals surface area contributed by atoms with Gasteiger partial charge in [0.1, 0.15) is 17.2 Å². The third kappa shape index (κ3) is 4.61. The summed E-state index contributed by atoms with van der Waals surface area (Å²) in [6.07, 6.45) is 2.06. The van der Waals surface area contributed by atoms with E-state index in [2.05, 4.69) is 27.7 Å². The number of carbonyl (C=O) groups excluding carboxylic acids is 2. The number of carbonyl (C=O) groups is 2. The van der Waals surface area contributed by atoms with Crippen LogP contribution >= 0.6 is 0 Å². The number of benzene rings is 3. The number of ketones is 2. The quantitative estimate of drug-likeness (QED) is 0.206. The molecule has 7 nitrogen and oxygen atoms in total. The van der Waals surface area contributed by atoms with Gasteiger partial charge in [-0.2, -0.15) is 0 Å². The van der Waals surface area contributed by atoms with E-state index in [1.807, 2.05) is 0 Å². The Kier molecular flexibility index (Phi) is 6.43. The molecule has 0 bridgehead atoms. The normalized spacial score (nSPS) is 13.8. The largest absolute Gasteiger partial charge is 0.507 e. The van der Waals surface area contributed by atoms with Gasteiger partial charge < -0.3 is 26.4 Å². The van der Waals surface area contributed by atoms with Crippen molar-refractivity contribution >= 4 is 22.9 Å². The Morgan fingerprint density at radius 1 is 0.861 bits per heavy atom. The molecule has 36 heavy (non-hydrogen) atoms. The summed E-state index contributed by atoms with van der Waals surface area (Å²) >= 11 is 0. The molecule has 1 aliphatic rings. The fourth-order valence-electron chi connectivity index (χ4n) is 4.98. The predicted octanol–water partition coefficient (Wildman–Crippen LogP) is 5.55. The highest BCUT2D eigenvalue weighted by Crippen LogP contribution is 2.44. The number of rotatable bonds is 6. The first-order valence-electron chi connectivity index (χ1n) is 12.0. The summed E-state index contributed by atoms with van der Waals surface area (Å²) < 4.78 is 5.90. The van der Waals surface area contributed by atoms with Crippen molar-refractivity contribution in [3.63, 3.8) is 0 Å². The van der Waals surface area contributed by atoms with Gasteiger partial charge >= 0.3 is 0 Å². The number of ether oxygens (including phenoxy) is 1. The highest BCUT2D eigenvalue weighted by molar-refractivity contribution is 6.34. The number of hydrogen-bond donors (Lipinski definition) is 4. The van der Waals surface area contributed by atoms with Crippen molar-refractivity contribution in [1.29, 1.82) is 0 Å². The predicted molar refractivity (Wildman–Crippen MR) is 141 cm³/mol. The number of nitrogens with two attached hydrogens (primary N) is 2. The summed E-state index contributed by atoms with van der Waals surface area (Å²) in [5, 5.41) is 21.0. The smallest absolute Gasteiger partial charge is 0.200 e. The second-order valence-corrected chi connectivity index (χ2v) is 10.7. The minimum atomic E-state index is -0.664. The molecule has 0 aromatic heterocycles. The maximum atomic E-state index is 13.3. The molecule has 1 unspecified atom stereocenters. The summed E-state index contributed by atoms with van der Waals surface area (Å²) in [5.74, 6) is -0.831. The molecule has 0 radical (unpaired) electrons. The molecule has 1 atom stereocenters. The third-order valence-corrected chi connectivity index (χ3v) is 6.48. The minimum Gasteiger partial charge on any atom is -0.507 e. The lowest BCUT2D eigenvalue weighted by Gasteiger charge is -2.23. The van der Waals surface area contributed by atoms with Gasteiger partial charge in [-0.25, -0.2) is 0 Å². The first-order chi connectivity index (χ1) is 16.9. The molecule has 0 saturated carbocycles. The van der Waals surface area contributed by atoms with Gasteiger partial charge in [0.2, 0.25) is 11.6 Å². The minimum absolute atomic E-state index is 0.0391. The number of phenols is 2. The van der Waals surface area contributed by atoms with Gasteiger partial charge in [0, 0.05) is 11.3 Å². The molecule has 0 amide bonds. The summed E-state index contributed by atoms with van der Waals surface area (Å²) in [6, 6.07) is 11.1. The Balaban J connectivity index is 1.61. The van der Waals surface area contributed by atoms with Gasteiger partial charge in [0.25, 0.3) is 0 Å². The van der Waals surface area contributed by atoms with E-state index in [-0.39, 0.29) is 50.5 Å². The topological polar surface area (TPSA) is 136 Å². The highest BCUT2D eigenvalue weighted by Gasteiger charge is 2.38. The molecule has 1 aliphatic carbocycles. The first-order valence-corrected chi connectivity index (χ1v) is 12.0. The van der Waals surface area contributed by atoms with E-state index in [1.54, 1.807) is 24.3 Å². The Morgan fingerprint density at radius 3 is 2.11 bits per heavy atom. The van der Waals surface area contributed by atoms with Gasteiger partial charge in [-0.1, -0.05) is 39.8 Å². The van der Waals surface area contributed by atoms with E-state index < -0.39 is 11.6 Å². The van der Waals surface area contributed by atoms with Crippen LogP contribution < -0.4 is 16.2 Å². The van der Waals surface area contributed by atoms with Crippen molar-refractivity contribution in [2.45, 2.75) is 40.5 Å². The Morgan fingerprint density at radius 2 is 1.47 bits per heavy atom. The second-order valence-electron chi connectivity index (χ2n) is 10.7. The molecule has 3 aromatic rings. The zero-order valence-electron chi connectivity index (χ0n) is 21.0. The first kappa shape index (κ1) is 25.1. The lowest BCUT2D eigenvalue weighted by molar-refractivity contribution is 0.0975. The van der Waals surface area contributed by atoms with Crippen LogP contribution in [0.3, 0.4) is 0 Å². The fourth-order valence-corrected chi connectivity index (χ4v) is 4.98. The van der Waals surface area contributed by atoms with Crippen LogP contribution in [0.25, 0.3) is 11.1 Å². The molecule has 7 heteroatoms. The lowest BCUT2D eigenvalue weighted by atomic mass is 9.80. The second kappa shape index (κ2) is 9.22. The molecule has 0 fully saturated rings. The van der Waals surface area contributed by atoms with Crippen molar-refractivity contribution < 1.29 is 24.5 Å². The van der Waals surface area contributed by atoms with Crippen LogP contribution in [0.1, 0.15) is 72.4 Å². The zero-order valence-corrected chi connectivity index (χ0v) is 21.0. The van der Waals surface area contributed by atoms with Gasteiger partial charge in [-0.05, 0) is 60.1 Å². The van der Waals surface area contributed by atoms with E-state index in [0.717, 1.165) is 12.8 Å². The molecule has 188 valence electrons. The van der Waals surface area contributed by atoms with Gasteiger partial charge in [-0.3, -0.25) is 9.59 Å². The molecule has 3 aromatic carbocycles. The van der Waals surface area contributed by atoms with E-state index in [4.69, 9.17) is 16.2 Å². The van der Waals surface area contributed by atoms with Crippen LogP contribution in [0.4, 0.5) is 11.4 Å². The lowest BCUT2D eigenvalue weighted by Crippen LogP contribution is -2.24. The van der Waals surface area contributed by atoms with Crippen molar-refractivity contribution in [2.75, 3.05) is 18.1 Å². The van der Waals surface area contributed by atoms with E-state index >= 15 is 0 Å². The number of fused-ring (bicyclic) bond motifs is 2. The van der Waals surface area contributed by atoms with Crippen LogP contribution in [0.5, 0.6) is 17.2 Å². The molecule has 6 N–H and O–H groups in total. The van der Waals surface area contributed by atoms with E-state index in [1.165, 1.54) is 18.2 Å². The Labute approximate surface area is 210 Å². The highest BCUT2D eigenvalue weighted by atomic mass is 16.5. The number of anilines is 2. The molecule has 0 heterocycles. The van der Waals surface area contributed by atoms with Crippen LogP contribution in [-0.2, 0) is 0 Å². The van der Waals surface area contributed by atoms with Crippen molar-refractivity contribution in [2.24, 2.45) is 11.3 Å². The average molecular weight is 489 g/mol. The summed E-state index contributed by atoms with van der Waals surface area (Å²) in [7, 11) is 0. The van der Waals surface area contributed by atoms with Crippen molar-refractivity contribution in [1.82, 2.24) is 0 Å². The summed E-state index contributed by atoms with van der Waals surface area (Å²) in [6.45, 7) is 9.51. The molecular formula is C29H32N2O5. The van der Waals surface area contributed by atoms with Crippen molar-refractivity contribution in [3.8, 4) is 28.4 Å².